The molecule has 3 heteroatoms. The summed E-state index contributed by atoms with van der Waals surface area (Å²) in [5.41, 5.74) is 1.31. The molecule has 96 valence electrons. The average molecular weight is 253 g/mol. The van der Waals surface area contributed by atoms with E-state index in [1.54, 1.807) is 7.11 Å². The molecule has 17 heavy (non-hydrogen) atoms. The van der Waals surface area contributed by atoms with E-state index in [1.807, 2.05) is 23.9 Å². The molecule has 0 aliphatic carbocycles. The highest BCUT2D eigenvalue weighted by Crippen LogP contribution is 2.17. The zero-order valence-electron chi connectivity index (χ0n) is 11.2. The van der Waals surface area contributed by atoms with Crippen LogP contribution in [0.2, 0.25) is 0 Å². The van der Waals surface area contributed by atoms with Gasteiger partial charge in [0.15, 0.2) is 0 Å². The third kappa shape index (κ3) is 5.00. The fraction of sp³-hybridized carbons (Fsp3) is 0.571. The maximum absolute atomic E-state index is 5.16. The van der Waals surface area contributed by atoms with Gasteiger partial charge < -0.3 is 10.1 Å². The Kier molecular flexibility index (Phi) is 6.45. The molecule has 2 nitrogen and oxygen atoms in total. The SMILES string of the molecule is COc1ccc(C(C)NCC(C)CSC)cc1. The molecule has 0 fully saturated rings. The largest absolute Gasteiger partial charge is 0.497 e. The summed E-state index contributed by atoms with van der Waals surface area (Å²) in [5, 5.41) is 3.57. The first-order valence-electron chi connectivity index (χ1n) is 6.03. The maximum Gasteiger partial charge on any atom is 0.118 e. The molecule has 0 saturated carbocycles. The van der Waals surface area contributed by atoms with Gasteiger partial charge in [-0.2, -0.15) is 11.8 Å². The lowest BCUT2D eigenvalue weighted by Gasteiger charge is -2.17. The number of hydrogen-bond donors (Lipinski definition) is 1. The maximum atomic E-state index is 5.16. The molecule has 1 aromatic rings. The number of methoxy groups -OCH3 is 1. The van der Waals surface area contributed by atoms with Gasteiger partial charge in [0.2, 0.25) is 0 Å². The van der Waals surface area contributed by atoms with Crippen molar-refractivity contribution in [3.63, 3.8) is 0 Å². The Hall–Kier alpha value is -0.670. The molecule has 0 spiro atoms. The molecule has 0 radical (unpaired) electrons. The van der Waals surface area contributed by atoms with Crippen molar-refractivity contribution in [3.8, 4) is 5.75 Å². The Morgan fingerprint density at radius 2 is 1.88 bits per heavy atom. The summed E-state index contributed by atoms with van der Waals surface area (Å²) in [6.45, 7) is 5.55. The molecule has 0 aromatic heterocycles. The Morgan fingerprint density at radius 1 is 1.24 bits per heavy atom. The van der Waals surface area contributed by atoms with Crippen molar-refractivity contribution < 1.29 is 4.74 Å². The van der Waals surface area contributed by atoms with Crippen LogP contribution in [0.3, 0.4) is 0 Å². The highest BCUT2D eigenvalue weighted by atomic mass is 32.2. The van der Waals surface area contributed by atoms with E-state index in [2.05, 4.69) is 37.6 Å². The second-order valence-electron chi connectivity index (χ2n) is 4.46. The zero-order chi connectivity index (χ0) is 12.7. The highest BCUT2D eigenvalue weighted by molar-refractivity contribution is 7.98. The standard InChI is InChI=1S/C14H23NOS/c1-11(10-17-4)9-15-12(2)13-5-7-14(16-3)8-6-13/h5-8,11-12,15H,9-10H2,1-4H3. The lowest BCUT2D eigenvalue weighted by Crippen LogP contribution is -2.25. The minimum absolute atomic E-state index is 0.394. The van der Waals surface area contributed by atoms with E-state index in [-0.39, 0.29) is 0 Å². The number of benzene rings is 1. The number of nitrogens with one attached hydrogen (secondary N) is 1. The monoisotopic (exact) mass is 253 g/mol. The van der Waals surface area contributed by atoms with Crippen LogP contribution in [-0.2, 0) is 0 Å². The number of rotatable bonds is 7. The minimum Gasteiger partial charge on any atom is -0.497 e. The quantitative estimate of drug-likeness (QED) is 0.805. The summed E-state index contributed by atoms with van der Waals surface area (Å²) in [6, 6.07) is 8.66. The Bertz CT molecular complexity index is 313. The normalized spacial score (nSPS) is 14.4. The van der Waals surface area contributed by atoms with Gasteiger partial charge in [-0.25, -0.2) is 0 Å². The molecule has 0 saturated heterocycles. The molecule has 0 aliphatic heterocycles. The van der Waals surface area contributed by atoms with Gasteiger partial charge in [-0.15, -0.1) is 0 Å². The van der Waals surface area contributed by atoms with Gasteiger partial charge in [0, 0.05) is 6.04 Å². The fourth-order valence-electron chi connectivity index (χ4n) is 1.73. The van der Waals surface area contributed by atoms with Gasteiger partial charge in [0.1, 0.15) is 5.75 Å². The molecule has 2 atom stereocenters. The van der Waals surface area contributed by atoms with Crippen molar-refractivity contribution in [3.05, 3.63) is 29.8 Å². The van der Waals surface area contributed by atoms with Gasteiger partial charge in [-0.3, -0.25) is 0 Å². The van der Waals surface area contributed by atoms with E-state index in [4.69, 9.17) is 4.74 Å². The van der Waals surface area contributed by atoms with Crippen molar-refractivity contribution in [1.29, 1.82) is 0 Å². The third-order valence-electron chi connectivity index (χ3n) is 2.84. The van der Waals surface area contributed by atoms with E-state index in [1.165, 1.54) is 11.3 Å². The fourth-order valence-corrected chi connectivity index (χ4v) is 2.42. The summed E-state index contributed by atoms with van der Waals surface area (Å²) in [6.07, 6.45) is 2.16. The third-order valence-corrected chi connectivity index (χ3v) is 3.74. The van der Waals surface area contributed by atoms with Gasteiger partial charge in [0.05, 0.1) is 7.11 Å². The van der Waals surface area contributed by atoms with Crippen molar-refractivity contribution >= 4 is 11.8 Å². The van der Waals surface area contributed by atoms with Gasteiger partial charge in [-0.05, 0) is 49.1 Å². The average Bonchev–Trinajstić information content (AvgIpc) is 2.36. The van der Waals surface area contributed by atoms with E-state index in [9.17, 15) is 0 Å². The molecular formula is C14H23NOS. The van der Waals surface area contributed by atoms with E-state index >= 15 is 0 Å². The number of thioether (sulfide) groups is 1. The van der Waals surface area contributed by atoms with Crippen molar-refractivity contribution in [2.75, 3.05) is 25.7 Å². The van der Waals surface area contributed by atoms with Crippen LogP contribution in [0.1, 0.15) is 25.5 Å². The Morgan fingerprint density at radius 3 is 2.41 bits per heavy atom. The molecule has 0 aliphatic rings. The van der Waals surface area contributed by atoms with Gasteiger partial charge in [0.25, 0.3) is 0 Å². The second-order valence-corrected chi connectivity index (χ2v) is 5.37. The van der Waals surface area contributed by atoms with Crippen LogP contribution in [0.5, 0.6) is 5.75 Å². The first-order chi connectivity index (χ1) is 8.17. The summed E-state index contributed by atoms with van der Waals surface area (Å²) in [7, 11) is 1.70. The summed E-state index contributed by atoms with van der Waals surface area (Å²) in [4.78, 5) is 0. The van der Waals surface area contributed by atoms with Crippen LogP contribution >= 0.6 is 11.8 Å². The lowest BCUT2D eigenvalue weighted by atomic mass is 10.1. The first kappa shape index (κ1) is 14.4. The van der Waals surface area contributed by atoms with Crippen LogP contribution in [0, 0.1) is 5.92 Å². The predicted octanol–water partition coefficient (Wildman–Crippen LogP) is 3.34. The van der Waals surface area contributed by atoms with Crippen LogP contribution in [0.4, 0.5) is 0 Å². The molecule has 2 unspecified atom stereocenters. The summed E-state index contributed by atoms with van der Waals surface area (Å²) in [5.74, 6) is 2.84. The van der Waals surface area contributed by atoms with E-state index in [0.717, 1.165) is 12.3 Å². The highest BCUT2D eigenvalue weighted by Gasteiger charge is 2.07. The van der Waals surface area contributed by atoms with Gasteiger partial charge in [-0.1, -0.05) is 19.1 Å². The number of hydrogen-bond acceptors (Lipinski definition) is 3. The molecule has 1 rings (SSSR count). The summed E-state index contributed by atoms with van der Waals surface area (Å²) < 4.78 is 5.16. The zero-order valence-corrected chi connectivity index (χ0v) is 12.0. The van der Waals surface area contributed by atoms with Crippen LogP contribution in [0.15, 0.2) is 24.3 Å². The topological polar surface area (TPSA) is 21.3 Å². The van der Waals surface area contributed by atoms with Crippen molar-refractivity contribution in [1.82, 2.24) is 5.32 Å². The Balaban J connectivity index is 2.43. The molecule has 0 amide bonds. The smallest absolute Gasteiger partial charge is 0.118 e. The van der Waals surface area contributed by atoms with E-state index in [0.29, 0.717) is 12.0 Å². The first-order valence-corrected chi connectivity index (χ1v) is 7.43. The van der Waals surface area contributed by atoms with Crippen molar-refractivity contribution in [2.24, 2.45) is 5.92 Å². The summed E-state index contributed by atoms with van der Waals surface area (Å²) >= 11 is 1.91. The molecule has 1 N–H and O–H groups in total. The van der Waals surface area contributed by atoms with Crippen LogP contribution < -0.4 is 10.1 Å². The van der Waals surface area contributed by atoms with Gasteiger partial charge >= 0.3 is 0 Å². The molecule has 1 aromatic carbocycles. The molecule has 0 bridgehead atoms. The Labute approximate surface area is 109 Å². The number of ether oxygens (including phenoxy) is 1. The van der Waals surface area contributed by atoms with Crippen LogP contribution in [-0.4, -0.2) is 25.7 Å². The minimum atomic E-state index is 0.394. The lowest BCUT2D eigenvalue weighted by molar-refractivity contribution is 0.414. The molecule has 0 heterocycles. The molecular weight excluding hydrogens is 230 g/mol. The van der Waals surface area contributed by atoms with E-state index < -0.39 is 0 Å². The van der Waals surface area contributed by atoms with Crippen LogP contribution in [0.25, 0.3) is 0 Å². The second kappa shape index (κ2) is 7.62. The van der Waals surface area contributed by atoms with Crippen molar-refractivity contribution in [2.45, 2.75) is 19.9 Å². The predicted molar refractivity (Wildman–Crippen MR) is 77.0 cm³/mol.